The van der Waals surface area contributed by atoms with Crippen LogP contribution < -0.4 is 0 Å². The first kappa shape index (κ1) is 19.2. The third-order valence-electron chi connectivity index (χ3n) is 4.29. The summed E-state index contributed by atoms with van der Waals surface area (Å²) in [5, 5.41) is 0. The SMILES string of the molecule is CCCCCCCCCC(CC)c1ccc(S(=O)(=O)[O-])cc1. The van der Waals surface area contributed by atoms with Gasteiger partial charge in [-0.05, 0) is 36.5 Å². The summed E-state index contributed by atoms with van der Waals surface area (Å²) >= 11 is 0. The van der Waals surface area contributed by atoms with Gasteiger partial charge in [-0.3, -0.25) is 0 Å². The molecule has 0 N–H and O–H groups in total. The molecule has 4 heteroatoms. The Morgan fingerprint density at radius 1 is 0.909 bits per heavy atom. The van der Waals surface area contributed by atoms with Crippen LogP contribution >= 0.6 is 0 Å². The highest BCUT2D eigenvalue weighted by Crippen LogP contribution is 2.27. The molecule has 0 spiro atoms. The second kappa shape index (κ2) is 10.0. The predicted molar refractivity (Wildman–Crippen MR) is 90.0 cm³/mol. The molecule has 1 atom stereocenters. The van der Waals surface area contributed by atoms with Crippen LogP contribution in [0.4, 0.5) is 0 Å². The van der Waals surface area contributed by atoms with E-state index in [2.05, 4.69) is 13.8 Å². The van der Waals surface area contributed by atoms with Crippen molar-refractivity contribution < 1.29 is 13.0 Å². The van der Waals surface area contributed by atoms with E-state index in [-0.39, 0.29) is 4.90 Å². The summed E-state index contributed by atoms with van der Waals surface area (Å²) in [4.78, 5) is -0.137. The second-order valence-corrected chi connectivity index (χ2v) is 7.42. The van der Waals surface area contributed by atoms with Gasteiger partial charge in [0.2, 0.25) is 0 Å². The molecule has 0 aliphatic rings. The number of rotatable bonds is 11. The average Bonchev–Trinajstić information content (AvgIpc) is 2.49. The zero-order valence-electron chi connectivity index (χ0n) is 13.9. The highest BCUT2D eigenvalue weighted by molar-refractivity contribution is 7.85. The molecule has 0 fully saturated rings. The third-order valence-corrected chi connectivity index (χ3v) is 5.14. The molecule has 126 valence electrons. The van der Waals surface area contributed by atoms with E-state index in [0.29, 0.717) is 5.92 Å². The fraction of sp³-hybridized carbons (Fsp3) is 0.667. The number of benzene rings is 1. The smallest absolute Gasteiger partial charge is 0.124 e. The predicted octanol–water partition coefficient (Wildman–Crippen LogP) is 5.23. The third kappa shape index (κ3) is 6.93. The van der Waals surface area contributed by atoms with Gasteiger partial charge in [0.15, 0.2) is 0 Å². The zero-order valence-corrected chi connectivity index (χ0v) is 14.7. The van der Waals surface area contributed by atoms with Crippen LogP contribution in [0.3, 0.4) is 0 Å². The molecule has 3 nitrogen and oxygen atoms in total. The molecule has 0 bridgehead atoms. The molecule has 0 aliphatic carbocycles. The van der Waals surface area contributed by atoms with Crippen LogP contribution in [0.25, 0.3) is 0 Å². The van der Waals surface area contributed by atoms with E-state index >= 15 is 0 Å². The Balaban J connectivity index is 2.41. The van der Waals surface area contributed by atoms with E-state index in [1.807, 2.05) is 0 Å². The van der Waals surface area contributed by atoms with E-state index < -0.39 is 10.1 Å². The lowest BCUT2D eigenvalue weighted by Crippen LogP contribution is -2.01. The van der Waals surface area contributed by atoms with Gasteiger partial charge in [0.1, 0.15) is 10.1 Å². The summed E-state index contributed by atoms with van der Waals surface area (Å²) in [6.07, 6.45) is 11.3. The Kier molecular flexibility index (Phi) is 8.72. The van der Waals surface area contributed by atoms with Gasteiger partial charge < -0.3 is 4.55 Å². The summed E-state index contributed by atoms with van der Waals surface area (Å²) in [5.74, 6) is 0.457. The van der Waals surface area contributed by atoms with Gasteiger partial charge in [0, 0.05) is 0 Å². The van der Waals surface area contributed by atoms with Gasteiger partial charge >= 0.3 is 0 Å². The van der Waals surface area contributed by atoms with E-state index in [1.165, 1.54) is 57.1 Å². The maximum absolute atomic E-state index is 10.9. The molecule has 1 unspecified atom stereocenters. The fourth-order valence-corrected chi connectivity index (χ4v) is 3.33. The molecule has 0 amide bonds. The first-order valence-electron chi connectivity index (χ1n) is 8.54. The van der Waals surface area contributed by atoms with Crippen molar-refractivity contribution in [3.05, 3.63) is 29.8 Å². The standard InChI is InChI=1S/C18H30O3S/c1-3-5-6-7-8-9-10-11-16(4-2)17-12-14-18(15-13-17)22(19,20)21/h12-16H,3-11H2,1-2H3,(H,19,20,21)/p-1. The quantitative estimate of drug-likeness (QED) is 0.414. The molecule has 0 heterocycles. The molecule has 22 heavy (non-hydrogen) atoms. The molecule has 0 radical (unpaired) electrons. The molecule has 0 aliphatic heterocycles. The van der Waals surface area contributed by atoms with Crippen molar-refractivity contribution in [2.45, 2.75) is 82.4 Å². The zero-order chi connectivity index (χ0) is 16.4. The molecule has 0 saturated heterocycles. The van der Waals surface area contributed by atoms with Crippen LogP contribution in [0.15, 0.2) is 29.2 Å². The van der Waals surface area contributed by atoms with Crippen molar-refractivity contribution in [1.29, 1.82) is 0 Å². The normalized spacial score (nSPS) is 13.2. The van der Waals surface area contributed by atoms with E-state index in [0.717, 1.165) is 18.4 Å². The molecule has 0 saturated carbocycles. The van der Waals surface area contributed by atoms with Crippen LogP contribution in [0, 0.1) is 0 Å². The summed E-state index contributed by atoms with van der Waals surface area (Å²) in [7, 11) is -4.33. The van der Waals surface area contributed by atoms with Crippen molar-refractivity contribution in [1.82, 2.24) is 0 Å². The number of unbranched alkanes of at least 4 members (excludes halogenated alkanes) is 6. The summed E-state index contributed by atoms with van der Waals surface area (Å²) < 4.78 is 32.8. The Morgan fingerprint density at radius 2 is 1.45 bits per heavy atom. The van der Waals surface area contributed by atoms with Crippen LogP contribution in [-0.4, -0.2) is 13.0 Å². The van der Waals surface area contributed by atoms with Gasteiger partial charge in [0.05, 0.1) is 4.90 Å². The molecular formula is C18H29O3S-. The lowest BCUT2D eigenvalue weighted by molar-refractivity contribution is 0.463. The molecule has 1 rings (SSSR count). The van der Waals surface area contributed by atoms with Gasteiger partial charge in [-0.1, -0.05) is 70.9 Å². The fourth-order valence-electron chi connectivity index (χ4n) is 2.86. The van der Waals surface area contributed by atoms with Crippen molar-refractivity contribution >= 4 is 10.1 Å². The van der Waals surface area contributed by atoms with Crippen molar-refractivity contribution in [2.75, 3.05) is 0 Å². The van der Waals surface area contributed by atoms with E-state index in [4.69, 9.17) is 0 Å². The second-order valence-electron chi connectivity index (χ2n) is 6.04. The van der Waals surface area contributed by atoms with Gasteiger partial charge in [-0.25, -0.2) is 8.42 Å². The Bertz CT molecular complexity index is 506. The summed E-state index contributed by atoms with van der Waals surface area (Å²) in [6.45, 7) is 4.39. The van der Waals surface area contributed by atoms with Crippen LogP contribution in [0.2, 0.25) is 0 Å². The highest BCUT2D eigenvalue weighted by atomic mass is 32.2. The highest BCUT2D eigenvalue weighted by Gasteiger charge is 2.10. The van der Waals surface area contributed by atoms with Crippen molar-refractivity contribution in [3.8, 4) is 0 Å². The summed E-state index contributed by atoms with van der Waals surface area (Å²) in [6, 6.07) is 6.45. The average molecular weight is 325 g/mol. The Hall–Kier alpha value is -0.870. The minimum Gasteiger partial charge on any atom is -0.744 e. The lowest BCUT2D eigenvalue weighted by Gasteiger charge is -2.16. The molecule has 1 aromatic carbocycles. The molecular weight excluding hydrogens is 296 g/mol. The molecule has 1 aromatic rings. The maximum atomic E-state index is 10.9. The first-order valence-corrected chi connectivity index (χ1v) is 9.95. The van der Waals surface area contributed by atoms with Crippen LogP contribution in [0.1, 0.15) is 83.1 Å². The monoisotopic (exact) mass is 325 g/mol. The Labute approximate surface area is 135 Å². The topological polar surface area (TPSA) is 57.2 Å². The number of hydrogen-bond acceptors (Lipinski definition) is 3. The van der Waals surface area contributed by atoms with Crippen LogP contribution in [-0.2, 0) is 10.1 Å². The lowest BCUT2D eigenvalue weighted by atomic mass is 9.91. The van der Waals surface area contributed by atoms with E-state index in [9.17, 15) is 13.0 Å². The van der Waals surface area contributed by atoms with Crippen LogP contribution in [0.5, 0.6) is 0 Å². The van der Waals surface area contributed by atoms with E-state index in [1.54, 1.807) is 12.1 Å². The minimum atomic E-state index is -4.33. The van der Waals surface area contributed by atoms with Crippen molar-refractivity contribution in [3.63, 3.8) is 0 Å². The first-order chi connectivity index (χ1) is 10.5. The van der Waals surface area contributed by atoms with Gasteiger partial charge in [-0.15, -0.1) is 0 Å². The van der Waals surface area contributed by atoms with Crippen molar-refractivity contribution in [2.24, 2.45) is 0 Å². The minimum absolute atomic E-state index is 0.137. The van der Waals surface area contributed by atoms with Gasteiger partial charge in [0.25, 0.3) is 0 Å². The Morgan fingerprint density at radius 3 is 1.95 bits per heavy atom. The number of hydrogen-bond donors (Lipinski definition) is 0. The van der Waals surface area contributed by atoms with Gasteiger partial charge in [-0.2, -0.15) is 0 Å². The summed E-state index contributed by atoms with van der Waals surface area (Å²) in [5.41, 5.74) is 1.14. The molecule has 0 aromatic heterocycles. The largest absolute Gasteiger partial charge is 0.744 e. The maximum Gasteiger partial charge on any atom is 0.124 e.